The highest BCUT2D eigenvalue weighted by Crippen LogP contribution is 2.21. The molecule has 19 heavy (non-hydrogen) atoms. The molecule has 0 amide bonds. The molecule has 2 rings (SSSR count). The van der Waals surface area contributed by atoms with E-state index in [1.807, 2.05) is 0 Å². The first-order valence-electron chi connectivity index (χ1n) is 5.25. The molecule has 0 saturated heterocycles. The fourth-order valence-electron chi connectivity index (χ4n) is 1.54. The van der Waals surface area contributed by atoms with Gasteiger partial charge in [-0.1, -0.05) is 6.07 Å². The smallest absolute Gasteiger partial charge is 0.186 e. The third-order valence-electron chi connectivity index (χ3n) is 2.44. The highest BCUT2D eigenvalue weighted by Gasteiger charge is 2.15. The van der Waals surface area contributed by atoms with Crippen LogP contribution in [-0.4, -0.2) is 10.8 Å². The van der Waals surface area contributed by atoms with Crippen molar-refractivity contribution in [3.8, 4) is 0 Å². The Balaban J connectivity index is 2.25. The Labute approximate surface area is 125 Å². The average molecular weight is 391 g/mol. The summed E-state index contributed by atoms with van der Waals surface area (Å²) in [6.07, 6.45) is 1.32. The lowest BCUT2D eigenvalue weighted by Crippen LogP contribution is -2.08. The summed E-state index contributed by atoms with van der Waals surface area (Å²) in [5.74, 6) is -1.75. The molecule has 1 aromatic carbocycles. The number of hydrogen-bond acceptors (Lipinski definition) is 2. The van der Waals surface area contributed by atoms with Gasteiger partial charge in [-0.05, 0) is 49.6 Å². The van der Waals surface area contributed by atoms with Gasteiger partial charge >= 0.3 is 0 Å². The van der Waals surface area contributed by atoms with Crippen molar-refractivity contribution in [1.82, 2.24) is 4.98 Å². The zero-order chi connectivity index (χ0) is 14.0. The maximum absolute atomic E-state index is 13.5. The van der Waals surface area contributed by atoms with Crippen LogP contribution in [0.1, 0.15) is 16.1 Å². The van der Waals surface area contributed by atoms with Crippen LogP contribution in [0.25, 0.3) is 0 Å². The van der Waals surface area contributed by atoms with E-state index in [0.29, 0.717) is 4.47 Å². The number of rotatable bonds is 3. The van der Waals surface area contributed by atoms with Crippen LogP contribution in [0.15, 0.2) is 39.4 Å². The van der Waals surface area contributed by atoms with Crippen molar-refractivity contribution in [3.63, 3.8) is 0 Å². The summed E-state index contributed by atoms with van der Waals surface area (Å²) in [5, 5.41) is 0. The highest BCUT2D eigenvalue weighted by molar-refractivity contribution is 9.11. The molecular formula is C13H7Br2F2NO. The highest BCUT2D eigenvalue weighted by atomic mass is 79.9. The van der Waals surface area contributed by atoms with Crippen LogP contribution < -0.4 is 0 Å². The average Bonchev–Trinajstić information content (AvgIpc) is 2.32. The van der Waals surface area contributed by atoms with Gasteiger partial charge in [-0.15, -0.1) is 0 Å². The second kappa shape index (κ2) is 5.88. The largest absolute Gasteiger partial charge is 0.292 e. The van der Waals surface area contributed by atoms with Gasteiger partial charge in [0.25, 0.3) is 0 Å². The number of nitrogens with zero attached hydrogens (tertiary/aromatic N) is 1. The molecule has 0 spiro atoms. The summed E-state index contributed by atoms with van der Waals surface area (Å²) in [7, 11) is 0. The summed E-state index contributed by atoms with van der Waals surface area (Å²) >= 11 is 6.45. The fourth-order valence-corrected chi connectivity index (χ4v) is 2.75. The predicted octanol–water partition coefficient (Wildman–Crippen LogP) is 4.31. The van der Waals surface area contributed by atoms with Crippen LogP contribution in [0.3, 0.4) is 0 Å². The first-order chi connectivity index (χ1) is 8.97. The number of carbonyl (C=O) groups excluding carboxylic acids is 1. The molecular weight excluding hydrogens is 384 g/mol. The van der Waals surface area contributed by atoms with Gasteiger partial charge < -0.3 is 0 Å². The van der Waals surface area contributed by atoms with Crippen LogP contribution in [0.2, 0.25) is 0 Å². The van der Waals surface area contributed by atoms with E-state index in [1.165, 1.54) is 12.3 Å². The Hall–Kier alpha value is -1.14. The first kappa shape index (κ1) is 14.3. The van der Waals surface area contributed by atoms with Crippen LogP contribution in [-0.2, 0) is 6.42 Å². The van der Waals surface area contributed by atoms with E-state index in [9.17, 15) is 13.6 Å². The number of ketones is 1. The molecule has 1 aromatic heterocycles. The second-order valence-electron chi connectivity index (χ2n) is 3.82. The molecule has 0 fully saturated rings. The van der Waals surface area contributed by atoms with Crippen molar-refractivity contribution >= 4 is 37.6 Å². The topological polar surface area (TPSA) is 30.0 Å². The minimum Gasteiger partial charge on any atom is -0.292 e. The number of aromatic nitrogens is 1. The Kier molecular flexibility index (Phi) is 4.42. The number of benzene rings is 1. The second-order valence-corrected chi connectivity index (χ2v) is 5.59. The fraction of sp³-hybridized carbons (Fsp3) is 0.0769. The summed E-state index contributed by atoms with van der Waals surface area (Å²) in [6.45, 7) is 0. The van der Waals surface area contributed by atoms with Gasteiger partial charge in [-0.25, -0.2) is 8.78 Å². The third-order valence-corrected chi connectivity index (χ3v) is 3.48. The zero-order valence-electron chi connectivity index (χ0n) is 9.46. The number of carbonyl (C=O) groups is 1. The Morgan fingerprint density at radius 3 is 2.58 bits per heavy atom. The van der Waals surface area contributed by atoms with Gasteiger partial charge in [-0.3, -0.25) is 9.78 Å². The maximum atomic E-state index is 13.5. The molecule has 0 unspecified atom stereocenters. The normalized spacial score (nSPS) is 10.5. The molecule has 0 bridgehead atoms. The molecule has 0 aliphatic heterocycles. The Morgan fingerprint density at radius 2 is 1.95 bits per heavy atom. The Bertz CT molecular complexity index is 647. The summed E-state index contributed by atoms with van der Waals surface area (Å²) < 4.78 is 27.5. The predicted molar refractivity (Wildman–Crippen MR) is 74.0 cm³/mol. The summed E-state index contributed by atoms with van der Waals surface area (Å²) in [6, 6.07) is 4.82. The number of Topliss-reactive ketones (excluding diaryl/α,β-unsaturated/α-hetero) is 1. The molecule has 1 heterocycles. The van der Waals surface area contributed by atoms with Crippen LogP contribution >= 0.6 is 31.9 Å². The number of pyridine rings is 1. The zero-order valence-corrected chi connectivity index (χ0v) is 12.6. The SMILES string of the molecule is O=C(Cc1ccc(F)cc1F)c1ncc(Br)cc1Br. The van der Waals surface area contributed by atoms with E-state index in [-0.39, 0.29) is 23.5 Å². The lowest BCUT2D eigenvalue weighted by molar-refractivity contribution is 0.0986. The number of halogens is 4. The van der Waals surface area contributed by atoms with E-state index >= 15 is 0 Å². The van der Waals surface area contributed by atoms with Crippen molar-refractivity contribution in [1.29, 1.82) is 0 Å². The third kappa shape index (κ3) is 3.45. The summed E-state index contributed by atoms with van der Waals surface area (Å²) in [4.78, 5) is 16.0. The van der Waals surface area contributed by atoms with Gasteiger partial charge in [0.1, 0.15) is 17.3 Å². The molecule has 0 atom stereocenters. The van der Waals surface area contributed by atoms with Gasteiger partial charge in [-0.2, -0.15) is 0 Å². The van der Waals surface area contributed by atoms with Crippen molar-refractivity contribution in [2.24, 2.45) is 0 Å². The van der Waals surface area contributed by atoms with Crippen LogP contribution in [0.4, 0.5) is 8.78 Å². The van der Waals surface area contributed by atoms with Gasteiger partial charge in [0, 0.05) is 27.6 Å². The van der Waals surface area contributed by atoms with Crippen molar-refractivity contribution < 1.29 is 13.6 Å². The lowest BCUT2D eigenvalue weighted by atomic mass is 10.1. The molecule has 6 heteroatoms. The standard InChI is InChI=1S/C13H7Br2F2NO/c14-8-4-10(15)13(18-6-8)12(19)3-7-1-2-9(16)5-11(7)17/h1-2,4-6H,3H2. The van der Waals surface area contributed by atoms with Gasteiger partial charge in [0.2, 0.25) is 0 Å². The quantitative estimate of drug-likeness (QED) is 0.731. The van der Waals surface area contributed by atoms with Gasteiger partial charge in [0.05, 0.1) is 0 Å². The van der Waals surface area contributed by atoms with E-state index in [2.05, 4.69) is 36.8 Å². The minimum absolute atomic E-state index is 0.142. The van der Waals surface area contributed by atoms with E-state index in [0.717, 1.165) is 16.6 Å². The molecule has 2 nitrogen and oxygen atoms in total. The molecule has 0 saturated carbocycles. The van der Waals surface area contributed by atoms with Gasteiger partial charge in [0.15, 0.2) is 5.78 Å². The maximum Gasteiger partial charge on any atom is 0.186 e. The van der Waals surface area contributed by atoms with Crippen LogP contribution in [0.5, 0.6) is 0 Å². The molecule has 0 N–H and O–H groups in total. The Morgan fingerprint density at radius 1 is 1.21 bits per heavy atom. The monoisotopic (exact) mass is 389 g/mol. The first-order valence-corrected chi connectivity index (χ1v) is 6.84. The van der Waals surface area contributed by atoms with E-state index in [4.69, 9.17) is 0 Å². The number of hydrogen-bond donors (Lipinski definition) is 0. The molecule has 2 aromatic rings. The van der Waals surface area contributed by atoms with E-state index < -0.39 is 11.6 Å². The lowest BCUT2D eigenvalue weighted by Gasteiger charge is -2.05. The van der Waals surface area contributed by atoms with E-state index in [1.54, 1.807) is 6.07 Å². The van der Waals surface area contributed by atoms with Crippen LogP contribution in [0, 0.1) is 11.6 Å². The molecule has 0 aliphatic carbocycles. The molecule has 0 aliphatic rings. The van der Waals surface area contributed by atoms with Crippen molar-refractivity contribution in [2.75, 3.05) is 0 Å². The molecule has 98 valence electrons. The van der Waals surface area contributed by atoms with Crippen molar-refractivity contribution in [2.45, 2.75) is 6.42 Å². The van der Waals surface area contributed by atoms with Crippen molar-refractivity contribution in [3.05, 3.63) is 62.3 Å². The summed E-state index contributed by atoms with van der Waals surface area (Å²) in [5.41, 5.74) is 0.356. The minimum atomic E-state index is -0.735. The molecule has 0 radical (unpaired) electrons.